The number of benzene rings is 2. The van der Waals surface area contributed by atoms with Crippen LogP contribution in [0.1, 0.15) is 18.4 Å². The molecule has 0 aromatic heterocycles. The summed E-state index contributed by atoms with van der Waals surface area (Å²) in [6.45, 7) is 6.70. The third-order valence-electron chi connectivity index (χ3n) is 5.15. The van der Waals surface area contributed by atoms with Crippen LogP contribution in [0.3, 0.4) is 0 Å². The predicted octanol–water partition coefficient (Wildman–Crippen LogP) is 3.83. The average Bonchev–Trinajstić information content (AvgIpc) is 3.47. The lowest BCUT2D eigenvalue weighted by Gasteiger charge is -2.36. The normalized spacial score (nSPS) is 18.6. The molecular formula is C21H27N3. The van der Waals surface area contributed by atoms with Crippen molar-refractivity contribution >= 4 is 11.4 Å². The Labute approximate surface area is 145 Å². The number of hydrogen-bond acceptors (Lipinski definition) is 3. The van der Waals surface area contributed by atoms with Gasteiger partial charge in [-0.05, 0) is 48.6 Å². The van der Waals surface area contributed by atoms with Crippen LogP contribution in [0.2, 0.25) is 0 Å². The van der Waals surface area contributed by atoms with Gasteiger partial charge in [0.1, 0.15) is 0 Å². The van der Waals surface area contributed by atoms with E-state index in [-0.39, 0.29) is 0 Å². The topological polar surface area (TPSA) is 18.5 Å². The van der Waals surface area contributed by atoms with Gasteiger partial charge in [-0.25, -0.2) is 0 Å². The first kappa shape index (κ1) is 15.5. The number of anilines is 2. The van der Waals surface area contributed by atoms with Crippen LogP contribution in [-0.4, -0.2) is 37.6 Å². The van der Waals surface area contributed by atoms with Crippen molar-refractivity contribution < 1.29 is 0 Å². The van der Waals surface area contributed by atoms with Gasteiger partial charge in [0, 0.05) is 50.6 Å². The van der Waals surface area contributed by atoms with E-state index in [1.165, 1.54) is 29.8 Å². The zero-order chi connectivity index (χ0) is 16.2. The van der Waals surface area contributed by atoms with Crippen molar-refractivity contribution in [3.63, 3.8) is 0 Å². The number of hydrogen-bond donors (Lipinski definition) is 1. The summed E-state index contributed by atoms with van der Waals surface area (Å²) >= 11 is 0. The predicted molar refractivity (Wildman–Crippen MR) is 102 cm³/mol. The molecule has 1 N–H and O–H groups in total. The second-order valence-electron chi connectivity index (χ2n) is 7.12. The van der Waals surface area contributed by atoms with Crippen molar-refractivity contribution in [1.82, 2.24) is 4.90 Å². The van der Waals surface area contributed by atoms with Crippen LogP contribution in [0.5, 0.6) is 0 Å². The summed E-state index contributed by atoms with van der Waals surface area (Å²) in [7, 11) is 0. The zero-order valence-corrected chi connectivity index (χ0v) is 14.3. The molecule has 1 saturated carbocycles. The van der Waals surface area contributed by atoms with E-state index in [0.717, 1.165) is 45.2 Å². The minimum Gasteiger partial charge on any atom is -0.385 e. The summed E-state index contributed by atoms with van der Waals surface area (Å²) in [5.74, 6) is 0.919. The maximum absolute atomic E-state index is 3.54. The third-order valence-corrected chi connectivity index (χ3v) is 5.15. The first-order chi connectivity index (χ1) is 11.9. The second-order valence-corrected chi connectivity index (χ2v) is 7.12. The highest BCUT2D eigenvalue weighted by Gasteiger charge is 2.20. The molecule has 0 bridgehead atoms. The summed E-state index contributed by atoms with van der Waals surface area (Å²) < 4.78 is 0. The van der Waals surface area contributed by atoms with E-state index < -0.39 is 0 Å². The molecule has 2 fully saturated rings. The number of rotatable bonds is 6. The van der Waals surface area contributed by atoms with Gasteiger partial charge in [-0.1, -0.05) is 30.3 Å². The highest BCUT2D eigenvalue weighted by molar-refractivity contribution is 5.55. The monoisotopic (exact) mass is 321 g/mol. The molecule has 3 heteroatoms. The fourth-order valence-electron chi connectivity index (χ4n) is 3.38. The molecule has 3 nitrogen and oxygen atoms in total. The maximum atomic E-state index is 3.54. The zero-order valence-electron chi connectivity index (χ0n) is 14.3. The van der Waals surface area contributed by atoms with Crippen LogP contribution < -0.4 is 10.2 Å². The first-order valence-corrected chi connectivity index (χ1v) is 9.22. The molecule has 24 heavy (non-hydrogen) atoms. The molecule has 1 saturated heterocycles. The largest absolute Gasteiger partial charge is 0.385 e. The Morgan fingerprint density at radius 1 is 0.833 bits per heavy atom. The van der Waals surface area contributed by atoms with Gasteiger partial charge < -0.3 is 10.2 Å². The molecule has 0 amide bonds. The van der Waals surface area contributed by atoms with Gasteiger partial charge in [-0.15, -0.1) is 0 Å². The molecule has 2 aromatic rings. The van der Waals surface area contributed by atoms with Gasteiger partial charge in [0.2, 0.25) is 0 Å². The molecule has 2 aromatic carbocycles. The Balaban J connectivity index is 1.27. The minimum absolute atomic E-state index is 0.919. The molecule has 1 aliphatic heterocycles. The molecule has 1 aliphatic carbocycles. The second kappa shape index (κ2) is 7.27. The number of nitrogens with zero attached hydrogens (tertiary/aromatic N) is 2. The summed E-state index contributed by atoms with van der Waals surface area (Å²) in [6.07, 6.45) is 2.80. The smallest absolute Gasteiger partial charge is 0.0368 e. The van der Waals surface area contributed by atoms with Crippen molar-refractivity contribution in [3.05, 3.63) is 60.2 Å². The minimum atomic E-state index is 0.919. The molecule has 126 valence electrons. The highest BCUT2D eigenvalue weighted by atomic mass is 15.3. The Morgan fingerprint density at radius 2 is 1.54 bits per heavy atom. The van der Waals surface area contributed by atoms with Crippen LogP contribution >= 0.6 is 0 Å². The molecule has 0 radical (unpaired) electrons. The number of nitrogens with one attached hydrogen (secondary N) is 1. The van der Waals surface area contributed by atoms with Crippen molar-refractivity contribution in [1.29, 1.82) is 0 Å². The summed E-state index contributed by atoms with van der Waals surface area (Å²) in [5, 5.41) is 3.54. The lowest BCUT2D eigenvalue weighted by Crippen LogP contribution is -2.45. The quantitative estimate of drug-likeness (QED) is 0.872. The van der Waals surface area contributed by atoms with Gasteiger partial charge in [0.05, 0.1) is 0 Å². The van der Waals surface area contributed by atoms with E-state index in [1.54, 1.807) is 0 Å². The van der Waals surface area contributed by atoms with Crippen LogP contribution in [0, 0.1) is 5.92 Å². The van der Waals surface area contributed by atoms with Crippen LogP contribution in [0.4, 0.5) is 11.4 Å². The SMILES string of the molecule is c1ccc(CN2CCN(c3ccc(NCC4CC4)cc3)CC2)cc1. The van der Waals surface area contributed by atoms with Gasteiger partial charge in [0.25, 0.3) is 0 Å². The Morgan fingerprint density at radius 3 is 2.21 bits per heavy atom. The summed E-state index contributed by atoms with van der Waals surface area (Å²) in [4.78, 5) is 5.06. The van der Waals surface area contributed by atoms with Crippen LogP contribution in [0.15, 0.2) is 54.6 Å². The van der Waals surface area contributed by atoms with E-state index in [2.05, 4.69) is 69.7 Å². The standard InChI is InChI=1S/C21H27N3/c1-2-4-19(5-3-1)17-23-12-14-24(15-13-23)21-10-8-20(9-11-21)22-16-18-6-7-18/h1-5,8-11,18,22H,6-7,12-17H2. The lowest BCUT2D eigenvalue weighted by molar-refractivity contribution is 0.250. The first-order valence-electron chi connectivity index (χ1n) is 9.22. The van der Waals surface area contributed by atoms with Crippen LogP contribution in [-0.2, 0) is 6.54 Å². The molecule has 4 rings (SSSR count). The molecule has 2 aliphatic rings. The van der Waals surface area contributed by atoms with E-state index >= 15 is 0 Å². The number of piperazine rings is 1. The van der Waals surface area contributed by atoms with Gasteiger partial charge in [-0.3, -0.25) is 4.90 Å². The molecule has 0 atom stereocenters. The van der Waals surface area contributed by atoms with Gasteiger partial charge in [0.15, 0.2) is 0 Å². The van der Waals surface area contributed by atoms with Crippen molar-refractivity contribution in [3.8, 4) is 0 Å². The van der Waals surface area contributed by atoms with E-state index in [9.17, 15) is 0 Å². The fourth-order valence-corrected chi connectivity index (χ4v) is 3.38. The van der Waals surface area contributed by atoms with Crippen molar-refractivity contribution in [2.75, 3.05) is 42.9 Å². The maximum Gasteiger partial charge on any atom is 0.0368 e. The molecule has 0 unspecified atom stereocenters. The Hall–Kier alpha value is -2.00. The summed E-state index contributed by atoms with van der Waals surface area (Å²) in [6, 6.07) is 19.8. The van der Waals surface area contributed by atoms with Crippen LogP contribution in [0.25, 0.3) is 0 Å². The summed E-state index contributed by atoms with van der Waals surface area (Å²) in [5.41, 5.74) is 4.02. The average molecular weight is 321 g/mol. The molecule has 1 heterocycles. The lowest BCUT2D eigenvalue weighted by atomic mass is 10.2. The van der Waals surface area contributed by atoms with E-state index in [4.69, 9.17) is 0 Å². The van der Waals surface area contributed by atoms with E-state index in [0.29, 0.717) is 0 Å². The highest BCUT2D eigenvalue weighted by Crippen LogP contribution is 2.29. The van der Waals surface area contributed by atoms with Crippen molar-refractivity contribution in [2.24, 2.45) is 5.92 Å². The Kier molecular flexibility index (Phi) is 4.70. The van der Waals surface area contributed by atoms with E-state index in [1.807, 2.05) is 0 Å². The van der Waals surface area contributed by atoms with Gasteiger partial charge >= 0.3 is 0 Å². The molecular weight excluding hydrogens is 294 g/mol. The van der Waals surface area contributed by atoms with Gasteiger partial charge in [-0.2, -0.15) is 0 Å². The Bertz CT molecular complexity index is 626. The fraction of sp³-hybridized carbons (Fsp3) is 0.429. The third kappa shape index (κ3) is 4.09. The molecule has 0 spiro atoms. The van der Waals surface area contributed by atoms with Crippen molar-refractivity contribution in [2.45, 2.75) is 19.4 Å².